The zero-order chi connectivity index (χ0) is 23.6. The standard InChI is InChI=1S/C23H32N6O3S/c1-4-29-21-18(13-19(22(29)30)17-5-6-20(25-14-17)33(3,31)32)15-26-23(27-21)24-10-7-16-8-11-28(2)12-9-16/h5-6,13-16,22,30H,4,7-12H2,1-3H3,(H,24,26,27). The van der Waals surface area contributed by atoms with Crippen molar-refractivity contribution in [1.29, 1.82) is 0 Å². The second-order valence-electron chi connectivity index (χ2n) is 8.85. The van der Waals surface area contributed by atoms with E-state index >= 15 is 0 Å². The SMILES string of the molecule is CCN1c2nc(NCCC3CCN(C)CC3)ncc2C=C(c2ccc(S(C)(=O)=O)nc2)C1O. The van der Waals surface area contributed by atoms with Gasteiger partial charge in [-0.25, -0.2) is 18.4 Å². The van der Waals surface area contributed by atoms with E-state index in [0.29, 0.717) is 29.4 Å². The summed E-state index contributed by atoms with van der Waals surface area (Å²) in [5, 5.41) is 14.4. The number of hydrogen-bond donors (Lipinski definition) is 2. The van der Waals surface area contributed by atoms with Crippen LogP contribution in [0, 0.1) is 5.92 Å². The van der Waals surface area contributed by atoms with Crippen LogP contribution >= 0.6 is 0 Å². The molecule has 0 radical (unpaired) electrons. The van der Waals surface area contributed by atoms with Crippen molar-refractivity contribution in [1.82, 2.24) is 19.9 Å². The van der Waals surface area contributed by atoms with Crippen molar-refractivity contribution in [3.63, 3.8) is 0 Å². The highest BCUT2D eigenvalue weighted by Crippen LogP contribution is 2.35. The first-order chi connectivity index (χ1) is 15.8. The molecule has 178 valence electrons. The first kappa shape index (κ1) is 23.6. The van der Waals surface area contributed by atoms with Crippen LogP contribution in [0.4, 0.5) is 11.8 Å². The Morgan fingerprint density at radius 3 is 2.58 bits per heavy atom. The zero-order valence-electron chi connectivity index (χ0n) is 19.4. The number of aliphatic hydroxyl groups is 1. The summed E-state index contributed by atoms with van der Waals surface area (Å²) in [5.41, 5.74) is 2.08. The number of piperidine rings is 1. The lowest BCUT2D eigenvalue weighted by Crippen LogP contribution is -2.39. The summed E-state index contributed by atoms with van der Waals surface area (Å²) < 4.78 is 23.4. The molecule has 4 rings (SSSR count). The summed E-state index contributed by atoms with van der Waals surface area (Å²) >= 11 is 0. The third-order valence-corrected chi connectivity index (χ3v) is 7.42. The molecule has 2 aliphatic rings. The molecule has 10 heteroatoms. The van der Waals surface area contributed by atoms with Crippen molar-refractivity contribution >= 4 is 33.3 Å². The van der Waals surface area contributed by atoms with E-state index in [1.54, 1.807) is 17.2 Å². The molecule has 1 atom stereocenters. The molecule has 0 spiro atoms. The van der Waals surface area contributed by atoms with Gasteiger partial charge in [0.05, 0.1) is 0 Å². The third kappa shape index (κ3) is 5.34. The van der Waals surface area contributed by atoms with Crippen LogP contribution in [0.15, 0.2) is 29.6 Å². The maximum absolute atomic E-state index is 11.7. The summed E-state index contributed by atoms with van der Waals surface area (Å²) in [6, 6.07) is 3.12. The number of nitrogens with one attached hydrogen (secondary N) is 1. The lowest BCUT2D eigenvalue weighted by Gasteiger charge is -2.34. The number of pyridine rings is 1. The molecule has 0 saturated carbocycles. The third-order valence-electron chi connectivity index (χ3n) is 6.42. The largest absolute Gasteiger partial charge is 0.369 e. The van der Waals surface area contributed by atoms with Crippen LogP contribution in [0.2, 0.25) is 0 Å². The van der Waals surface area contributed by atoms with Crippen LogP contribution in [-0.2, 0) is 9.84 Å². The molecule has 9 nitrogen and oxygen atoms in total. The Morgan fingerprint density at radius 1 is 1.18 bits per heavy atom. The number of likely N-dealkylation sites (tertiary alicyclic amines) is 1. The molecule has 2 aromatic heterocycles. The first-order valence-corrected chi connectivity index (χ1v) is 13.3. The highest BCUT2D eigenvalue weighted by molar-refractivity contribution is 7.90. The molecule has 0 aliphatic carbocycles. The number of likely N-dealkylation sites (N-methyl/N-ethyl adjacent to an activating group) is 1. The fourth-order valence-electron chi connectivity index (χ4n) is 4.39. The fraction of sp³-hybridized carbons (Fsp3) is 0.522. The van der Waals surface area contributed by atoms with E-state index in [1.807, 2.05) is 13.0 Å². The first-order valence-electron chi connectivity index (χ1n) is 11.4. The van der Waals surface area contributed by atoms with Gasteiger partial charge in [-0.3, -0.25) is 0 Å². The average Bonchev–Trinajstić information content (AvgIpc) is 2.79. The van der Waals surface area contributed by atoms with Gasteiger partial charge >= 0.3 is 0 Å². The average molecular weight is 473 g/mol. The van der Waals surface area contributed by atoms with Crippen LogP contribution in [0.3, 0.4) is 0 Å². The molecule has 2 aliphatic heterocycles. The number of aromatic nitrogens is 3. The van der Waals surface area contributed by atoms with E-state index in [2.05, 4.69) is 32.2 Å². The summed E-state index contributed by atoms with van der Waals surface area (Å²) in [6.45, 7) is 5.64. The molecule has 0 aromatic carbocycles. The van der Waals surface area contributed by atoms with E-state index in [9.17, 15) is 13.5 Å². The van der Waals surface area contributed by atoms with Gasteiger partial charge in [-0.1, -0.05) is 6.07 Å². The van der Waals surface area contributed by atoms with Crippen LogP contribution in [0.5, 0.6) is 0 Å². The Morgan fingerprint density at radius 2 is 1.94 bits per heavy atom. The van der Waals surface area contributed by atoms with Gasteiger partial charge in [0.2, 0.25) is 5.95 Å². The second-order valence-corrected chi connectivity index (χ2v) is 10.8. The molecule has 0 amide bonds. The maximum atomic E-state index is 11.7. The smallest absolute Gasteiger partial charge is 0.224 e. The van der Waals surface area contributed by atoms with Crippen LogP contribution in [-0.4, -0.2) is 79.1 Å². The molecule has 2 N–H and O–H groups in total. The van der Waals surface area contributed by atoms with E-state index in [-0.39, 0.29) is 5.03 Å². The van der Waals surface area contributed by atoms with Gasteiger partial charge < -0.3 is 20.2 Å². The molecule has 33 heavy (non-hydrogen) atoms. The molecule has 1 unspecified atom stereocenters. The van der Waals surface area contributed by atoms with Crippen molar-refractivity contribution in [3.05, 3.63) is 35.7 Å². The number of nitrogens with zero attached hydrogens (tertiary/aromatic N) is 5. The molecular weight excluding hydrogens is 440 g/mol. The minimum Gasteiger partial charge on any atom is -0.369 e. The van der Waals surface area contributed by atoms with E-state index in [1.165, 1.54) is 25.1 Å². The lowest BCUT2D eigenvalue weighted by molar-refractivity contribution is 0.215. The van der Waals surface area contributed by atoms with Crippen LogP contribution in [0.25, 0.3) is 11.6 Å². The topological polar surface area (TPSA) is 112 Å². The number of rotatable bonds is 7. The van der Waals surface area contributed by atoms with Crippen molar-refractivity contribution < 1.29 is 13.5 Å². The Bertz CT molecular complexity index is 1110. The monoisotopic (exact) mass is 472 g/mol. The van der Waals surface area contributed by atoms with Gasteiger partial charge in [-0.2, -0.15) is 4.98 Å². The molecule has 1 saturated heterocycles. The highest BCUT2D eigenvalue weighted by Gasteiger charge is 2.29. The summed E-state index contributed by atoms with van der Waals surface area (Å²) in [4.78, 5) is 17.4. The van der Waals surface area contributed by atoms with Crippen LogP contribution in [0.1, 0.15) is 37.3 Å². The van der Waals surface area contributed by atoms with Crippen molar-refractivity contribution in [3.8, 4) is 0 Å². The van der Waals surface area contributed by atoms with Gasteiger partial charge in [0.25, 0.3) is 0 Å². The van der Waals surface area contributed by atoms with Gasteiger partial charge in [-0.15, -0.1) is 0 Å². The summed E-state index contributed by atoms with van der Waals surface area (Å²) in [5.74, 6) is 1.96. The molecule has 1 fully saturated rings. The lowest BCUT2D eigenvalue weighted by atomic mass is 9.94. The highest BCUT2D eigenvalue weighted by atomic mass is 32.2. The fourth-order valence-corrected chi connectivity index (χ4v) is 4.95. The maximum Gasteiger partial charge on any atom is 0.224 e. The van der Waals surface area contributed by atoms with Crippen molar-refractivity contribution in [2.24, 2.45) is 5.92 Å². The number of sulfone groups is 1. The Hall–Kier alpha value is -2.56. The predicted octanol–water partition coefficient (Wildman–Crippen LogP) is 2.12. The summed E-state index contributed by atoms with van der Waals surface area (Å²) in [7, 11) is -1.21. The van der Waals surface area contributed by atoms with Gasteiger partial charge in [0, 0.05) is 48.4 Å². The minimum atomic E-state index is -3.38. The molecular formula is C23H32N6O3S. The predicted molar refractivity (Wildman–Crippen MR) is 130 cm³/mol. The number of aliphatic hydroxyl groups excluding tert-OH is 1. The van der Waals surface area contributed by atoms with E-state index in [4.69, 9.17) is 0 Å². The minimum absolute atomic E-state index is 0.00388. The Kier molecular flexibility index (Phi) is 6.96. The van der Waals surface area contributed by atoms with E-state index in [0.717, 1.165) is 43.8 Å². The molecule has 4 heterocycles. The van der Waals surface area contributed by atoms with Gasteiger partial charge in [-0.05, 0) is 64.4 Å². The van der Waals surface area contributed by atoms with Crippen molar-refractivity contribution in [2.45, 2.75) is 37.4 Å². The van der Waals surface area contributed by atoms with Crippen molar-refractivity contribution in [2.75, 3.05) is 49.7 Å². The van der Waals surface area contributed by atoms with E-state index < -0.39 is 16.1 Å². The number of hydrogen-bond acceptors (Lipinski definition) is 9. The zero-order valence-corrected chi connectivity index (χ0v) is 20.2. The Balaban J connectivity index is 1.50. The normalized spacial score (nSPS) is 19.8. The second kappa shape index (κ2) is 9.74. The van der Waals surface area contributed by atoms with Crippen LogP contribution < -0.4 is 10.2 Å². The number of fused-ring (bicyclic) bond motifs is 1. The summed E-state index contributed by atoms with van der Waals surface area (Å²) in [6.07, 6.45) is 8.82. The Labute approximate surface area is 195 Å². The van der Waals surface area contributed by atoms with Gasteiger partial charge in [0.1, 0.15) is 5.82 Å². The van der Waals surface area contributed by atoms with Gasteiger partial charge in [0.15, 0.2) is 21.1 Å². The number of anilines is 2. The molecule has 0 bridgehead atoms. The molecule has 2 aromatic rings. The quantitative estimate of drug-likeness (QED) is 0.626.